The highest BCUT2D eigenvalue weighted by atomic mass is 32.2. The summed E-state index contributed by atoms with van der Waals surface area (Å²) in [6, 6.07) is 11.5. The highest BCUT2D eigenvalue weighted by Crippen LogP contribution is 2.42. The maximum Gasteiger partial charge on any atom is 0.235 e. The molecule has 1 fully saturated rings. The lowest BCUT2D eigenvalue weighted by atomic mass is 9.84. The Hall–Kier alpha value is -1.70. The molecule has 27 heavy (non-hydrogen) atoms. The number of carbonyl (C=O) groups excluding carboxylic acids is 1. The van der Waals surface area contributed by atoms with Crippen LogP contribution < -0.4 is 10.0 Å². The Morgan fingerprint density at radius 3 is 2.48 bits per heavy atom. The summed E-state index contributed by atoms with van der Waals surface area (Å²) in [5.41, 5.74) is 1.79. The smallest absolute Gasteiger partial charge is 0.235 e. The van der Waals surface area contributed by atoms with Gasteiger partial charge < -0.3 is 5.32 Å². The zero-order chi connectivity index (χ0) is 19.3. The van der Waals surface area contributed by atoms with Crippen LogP contribution >= 0.6 is 11.3 Å². The van der Waals surface area contributed by atoms with E-state index in [2.05, 4.69) is 21.5 Å². The van der Waals surface area contributed by atoms with Crippen molar-refractivity contribution in [2.75, 3.05) is 13.1 Å². The van der Waals surface area contributed by atoms with Crippen molar-refractivity contribution in [3.05, 3.63) is 57.8 Å². The lowest BCUT2D eigenvalue weighted by Gasteiger charge is -2.28. The SMILES string of the molecule is Cc1ccc(CS(=O)(=O)NCC(=O)NCC2(c3cccs3)CCCC2)cc1. The number of sulfonamides is 1. The Balaban J connectivity index is 1.51. The quantitative estimate of drug-likeness (QED) is 0.707. The molecule has 1 aliphatic carbocycles. The van der Waals surface area contributed by atoms with Crippen molar-refractivity contribution in [3.8, 4) is 0 Å². The van der Waals surface area contributed by atoms with E-state index in [-0.39, 0.29) is 23.6 Å². The van der Waals surface area contributed by atoms with Gasteiger partial charge in [-0.3, -0.25) is 4.79 Å². The van der Waals surface area contributed by atoms with E-state index in [9.17, 15) is 13.2 Å². The van der Waals surface area contributed by atoms with Gasteiger partial charge in [0.15, 0.2) is 0 Å². The number of hydrogen-bond donors (Lipinski definition) is 2. The first-order chi connectivity index (χ1) is 12.9. The molecule has 3 rings (SSSR count). The van der Waals surface area contributed by atoms with Crippen LogP contribution in [0.4, 0.5) is 0 Å². The molecule has 1 heterocycles. The second-order valence-electron chi connectivity index (χ2n) is 7.31. The molecule has 1 aromatic heterocycles. The maximum absolute atomic E-state index is 12.2. The highest BCUT2D eigenvalue weighted by Gasteiger charge is 2.36. The zero-order valence-corrected chi connectivity index (χ0v) is 17.2. The van der Waals surface area contributed by atoms with Crippen molar-refractivity contribution in [1.29, 1.82) is 0 Å². The van der Waals surface area contributed by atoms with Crippen LogP contribution in [0.25, 0.3) is 0 Å². The van der Waals surface area contributed by atoms with Crippen LogP contribution in [0, 0.1) is 6.92 Å². The van der Waals surface area contributed by atoms with Gasteiger partial charge in [-0.15, -0.1) is 11.3 Å². The van der Waals surface area contributed by atoms with Crippen LogP contribution in [-0.2, 0) is 26.0 Å². The summed E-state index contributed by atoms with van der Waals surface area (Å²) >= 11 is 1.73. The predicted octanol–water partition coefficient (Wildman–Crippen LogP) is 3.10. The molecular weight excluding hydrogens is 380 g/mol. The third kappa shape index (κ3) is 5.40. The molecule has 5 nitrogen and oxygen atoms in total. The van der Waals surface area contributed by atoms with E-state index in [0.717, 1.165) is 31.2 Å². The van der Waals surface area contributed by atoms with E-state index in [1.807, 2.05) is 25.1 Å². The number of amides is 1. The summed E-state index contributed by atoms with van der Waals surface area (Å²) in [7, 11) is -3.55. The molecule has 0 aliphatic heterocycles. The van der Waals surface area contributed by atoms with Gasteiger partial charge in [0.05, 0.1) is 12.3 Å². The minimum Gasteiger partial charge on any atom is -0.354 e. The molecule has 0 unspecified atom stereocenters. The molecule has 2 N–H and O–H groups in total. The summed E-state index contributed by atoms with van der Waals surface area (Å²) in [5, 5.41) is 5.00. The number of rotatable bonds is 8. The van der Waals surface area contributed by atoms with Gasteiger partial charge in [0.1, 0.15) is 0 Å². The van der Waals surface area contributed by atoms with Crippen molar-refractivity contribution in [1.82, 2.24) is 10.0 Å². The molecule has 0 saturated heterocycles. The minimum absolute atomic E-state index is 0.00456. The first kappa shape index (κ1) is 20.0. The molecule has 0 spiro atoms. The van der Waals surface area contributed by atoms with Crippen molar-refractivity contribution < 1.29 is 13.2 Å². The fourth-order valence-electron chi connectivity index (χ4n) is 3.60. The van der Waals surface area contributed by atoms with Crippen LogP contribution in [0.2, 0.25) is 0 Å². The summed E-state index contributed by atoms with van der Waals surface area (Å²) in [6.45, 7) is 2.29. The van der Waals surface area contributed by atoms with E-state index in [0.29, 0.717) is 12.1 Å². The Morgan fingerprint density at radius 2 is 1.85 bits per heavy atom. The Kier molecular flexibility index (Phi) is 6.34. The average molecular weight is 407 g/mol. The molecule has 1 saturated carbocycles. The van der Waals surface area contributed by atoms with Gasteiger partial charge in [-0.2, -0.15) is 0 Å². The molecule has 1 amide bonds. The van der Waals surface area contributed by atoms with Crippen LogP contribution in [0.3, 0.4) is 0 Å². The fraction of sp³-hybridized carbons (Fsp3) is 0.450. The van der Waals surface area contributed by atoms with E-state index < -0.39 is 10.0 Å². The summed E-state index contributed by atoms with van der Waals surface area (Å²) in [5.74, 6) is -0.412. The highest BCUT2D eigenvalue weighted by molar-refractivity contribution is 7.88. The van der Waals surface area contributed by atoms with Crippen LogP contribution in [0.15, 0.2) is 41.8 Å². The zero-order valence-electron chi connectivity index (χ0n) is 15.5. The molecule has 0 radical (unpaired) electrons. The lowest BCUT2D eigenvalue weighted by Crippen LogP contribution is -2.43. The van der Waals surface area contributed by atoms with Gasteiger partial charge >= 0.3 is 0 Å². The fourth-order valence-corrected chi connectivity index (χ4v) is 5.67. The van der Waals surface area contributed by atoms with E-state index in [1.54, 1.807) is 23.5 Å². The normalized spacial score (nSPS) is 16.3. The van der Waals surface area contributed by atoms with Gasteiger partial charge in [0.2, 0.25) is 15.9 Å². The van der Waals surface area contributed by atoms with Crippen molar-refractivity contribution in [2.45, 2.75) is 43.8 Å². The van der Waals surface area contributed by atoms with Gasteiger partial charge in [-0.1, -0.05) is 48.7 Å². The molecular formula is C20H26N2O3S2. The standard InChI is InChI=1S/C20H26N2O3S2/c1-16-6-8-17(9-7-16)14-27(24,25)22-13-19(23)21-15-20(10-2-3-11-20)18-5-4-12-26-18/h4-9,12,22H,2-3,10-11,13-15H2,1H3,(H,21,23). The Morgan fingerprint density at radius 1 is 1.15 bits per heavy atom. The van der Waals surface area contributed by atoms with Gasteiger partial charge in [-0.25, -0.2) is 13.1 Å². The van der Waals surface area contributed by atoms with Crippen molar-refractivity contribution in [3.63, 3.8) is 0 Å². The van der Waals surface area contributed by atoms with E-state index >= 15 is 0 Å². The summed E-state index contributed by atoms with van der Waals surface area (Å²) in [4.78, 5) is 13.5. The number of benzene rings is 1. The average Bonchev–Trinajstić information content (AvgIpc) is 3.32. The van der Waals surface area contributed by atoms with E-state index in [4.69, 9.17) is 0 Å². The number of hydrogen-bond acceptors (Lipinski definition) is 4. The van der Waals surface area contributed by atoms with Crippen LogP contribution in [-0.4, -0.2) is 27.4 Å². The first-order valence-electron chi connectivity index (χ1n) is 9.22. The van der Waals surface area contributed by atoms with Gasteiger partial charge in [-0.05, 0) is 36.8 Å². The maximum atomic E-state index is 12.2. The first-order valence-corrected chi connectivity index (χ1v) is 11.8. The predicted molar refractivity (Wildman–Crippen MR) is 109 cm³/mol. The second-order valence-corrected chi connectivity index (χ2v) is 10.1. The topological polar surface area (TPSA) is 75.3 Å². The summed E-state index contributed by atoms with van der Waals surface area (Å²) < 4.78 is 26.8. The molecule has 146 valence electrons. The number of nitrogens with one attached hydrogen (secondary N) is 2. The number of thiophene rings is 1. The molecule has 1 aromatic carbocycles. The van der Waals surface area contributed by atoms with E-state index in [1.165, 1.54) is 4.88 Å². The van der Waals surface area contributed by atoms with Crippen LogP contribution in [0.1, 0.15) is 41.7 Å². The van der Waals surface area contributed by atoms with Gasteiger partial charge in [0, 0.05) is 16.8 Å². The lowest BCUT2D eigenvalue weighted by molar-refractivity contribution is -0.120. The second kappa shape index (κ2) is 8.54. The van der Waals surface area contributed by atoms with Crippen molar-refractivity contribution in [2.24, 2.45) is 0 Å². The Bertz CT molecular complexity index is 853. The van der Waals surface area contributed by atoms with Gasteiger partial charge in [0.25, 0.3) is 0 Å². The molecule has 0 bridgehead atoms. The van der Waals surface area contributed by atoms with Crippen LogP contribution in [0.5, 0.6) is 0 Å². The number of carbonyl (C=O) groups is 1. The summed E-state index contributed by atoms with van der Waals surface area (Å²) in [6.07, 6.45) is 4.45. The molecule has 7 heteroatoms. The molecule has 1 aliphatic rings. The largest absolute Gasteiger partial charge is 0.354 e. The third-order valence-corrected chi connectivity index (χ3v) is 7.57. The van der Waals surface area contributed by atoms with Crippen molar-refractivity contribution >= 4 is 27.3 Å². The third-order valence-electron chi connectivity index (χ3n) is 5.16. The monoisotopic (exact) mass is 406 g/mol. The minimum atomic E-state index is -3.55. The molecule has 2 aromatic rings. The molecule has 0 atom stereocenters. The Labute approximate surface area is 165 Å². The number of aryl methyl sites for hydroxylation is 1.